The van der Waals surface area contributed by atoms with Gasteiger partial charge in [-0.05, 0) is 103 Å². The van der Waals surface area contributed by atoms with Crippen molar-refractivity contribution in [3.05, 3.63) is 122 Å². The van der Waals surface area contributed by atoms with Crippen LogP contribution in [0.15, 0.2) is 122 Å². The third-order valence-electron chi connectivity index (χ3n) is 12.5. The fourth-order valence-electron chi connectivity index (χ4n) is 7.83. The van der Waals surface area contributed by atoms with E-state index in [0.29, 0.717) is 23.9 Å². The van der Waals surface area contributed by atoms with Crippen LogP contribution in [0, 0.1) is 0 Å². The van der Waals surface area contributed by atoms with Crippen molar-refractivity contribution in [2.24, 2.45) is 0 Å². The first-order valence-electron chi connectivity index (χ1n) is 30.3. The van der Waals surface area contributed by atoms with Crippen LogP contribution in [0.25, 0.3) is 0 Å². The fourth-order valence-corrected chi connectivity index (χ4v) is 8.58. The molecule has 0 amide bonds. The molecule has 0 radical (unpaired) electrons. The Morgan fingerprint density at radius 2 is 0.763 bits per heavy atom. The quantitative estimate of drug-likeness (QED) is 0.0211. The molecule has 0 aromatic carbocycles. The molecule has 10 heteroatoms. The van der Waals surface area contributed by atoms with Gasteiger partial charge in [0.1, 0.15) is 19.8 Å². The number of esters is 2. The molecule has 0 saturated carbocycles. The van der Waals surface area contributed by atoms with Crippen LogP contribution in [-0.4, -0.2) is 74.9 Å². The molecule has 0 saturated heterocycles. The van der Waals surface area contributed by atoms with E-state index in [1.807, 2.05) is 27.2 Å². The molecule has 0 heterocycles. The molecule has 0 aliphatic heterocycles. The number of hydrogen-bond donors (Lipinski definition) is 1. The molecule has 1 N–H and O–H groups in total. The smallest absolute Gasteiger partial charge is 0.462 e. The second kappa shape index (κ2) is 56.1. The number of phosphoric acid groups is 1. The number of carbonyl (C=O) groups excluding carboxylic acids is 2. The minimum atomic E-state index is -4.41. The zero-order valence-corrected chi connectivity index (χ0v) is 50.1. The molecule has 0 aromatic rings. The van der Waals surface area contributed by atoms with Gasteiger partial charge in [-0.1, -0.05) is 238 Å². The van der Waals surface area contributed by atoms with Crippen LogP contribution in [0.1, 0.15) is 232 Å². The lowest BCUT2D eigenvalue weighted by Crippen LogP contribution is -2.37. The SMILES string of the molecule is CC/C=C\C/C=C\C/C=C\C/C=C\C/C=C\C/C=C\C/C=C\C/C=C\C/C=C\CCCC(=O)OC(COC(=O)CCCCCCCCCCCCC/C=C\CCCCCCCCCC)COP(=O)(O)OCC[N+](C)(C)C. The second-order valence-corrected chi connectivity index (χ2v) is 22.5. The molecule has 0 rings (SSSR count). The van der Waals surface area contributed by atoms with Crippen LogP contribution in [0.5, 0.6) is 0 Å². The van der Waals surface area contributed by atoms with Crippen LogP contribution in [-0.2, 0) is 32.7 Å². The molecule has 0 fully saturated rings. The maximum absolute atomic E-state index is 12.8. The Morgan fingerprint density at radius 3 is 1.17 bits per heavy atom. The van der Waals surface area contributed by atoms with Crippen molar-refractivity contribution in [3.63, 3.8) is 0 Å². The molecule has 9 nitrogen and oxygen atoms in total. The molecule has 434 valence electrons. The Hall–Kier alpha value is -3.59. The van der Waals surface area contributed by atoms with Gasteiger partial charge in [0, 0.05) is 12.8 Å². The first kappa shape index (κ1) is 72.4. The van der Waals surface area contributed by atoms with Crippen LogP contribution in [0.3, 0.4) is 0 Å². The third-order valence-corrected chi connectivity index (χ3v) is 13.5. The van der Waals surface area contributed by atoms with Crippen molar-refractivity contribution in [2.75, 3.05) is 47.5 Å². The van der Waals surface area contributed by atoms with Crippen LogP contribution in [0.4, 0.5) is 0 Å². The Bertz CT molecular complexity index is 1700. The van der Waals surface area contributed by atoms with E-state index in [2.05, 4.69) is 129 Å². The summed E-state index contributed by atoms with van der Waals surface area (Å²) in [6, 6.07) is 0. The molecular formula is C66H113NO8P+. The maximum atomic E-state index is 12.8. The topological polar surface area (TPSA) is 108 Å². The number of phosphoric ester groups is 1. The lowest BCUT2D eigenvalue weighted by Gasteiger charge is -2.24. The Morgan fingerprint density at radius 1 is 0.421 bits per heavy atom. The summed E-state index contributed by atoms with van der Waals surface area (Å²) in [6.45, 7) is 4.25. The lowest BCUT2D eigenvalue weighted by molar-refractivity contribution is -0.870. The third kappa shape index (κ3) is 59.7. The van der Waals surface area contributed by atoms with Crippen molar-refractivity contribution in [3.8, 4) is 0 Å². The zero-order chi connectivity index (χ0) is 55.6. The van der Waals surface area contributed by atoms with Crippen molar-refractivity contribution in [2.45, 2.75) is 238 Å². The van der Waals surface area contributed by atoms with Crippen LogP contribution >= 0.6 is 7.82 Å². The number of rotatable bonds is 54. The van der Waals surface area contributed by atoms with Gasteiger partial charge in [0.05, 0.1) is 27.7 Å². The normalized spacial score (nSPS) is 14.1. The van der Waals surface area contributed by atoms with Gasteiger partial charge in [0.15, 0.2) is 6.10 Å². The van der Waals surface area contributed by atoms with Gasteiger partial charge >= 0.3 is 19.8 Å². The average molecular weight is 1080 g/mol. The molecular weight excluding hydrogens is 966 g/mol. The molecule has 0 aromatic heterocycles. The predicted octanol–water partition coefficient (Wildman–Crippen LogP) is 19.1. The largest absolute Gasteiger partial charge is 0.472 e. The van der Waals surface area contributed by atoms with Crippen molar-refractivity contribution in [1.29, 1.82) is 0 Å². The summed E-state index contributed by atoms with van der Waals surface area (Å²) in [5.41, 5.74) is 0. The van der Waals surface area contributed by atoms with Crippen molar-refractivity contribution in [1.82, 2.24) is 0 Å². The summed E-state index contributed by atoms with van der Waals surface area (Å²) in [7, 11) is 1.43. The Kier molecular flexibility index (Phi) is 53.5. The molecule has 76 heavy (non-hydrogen) atoms. The summed E-state index contributed by atoms with van der Waals surface area (Å²) in [5.74, 6) is -0.873. The molecule has 0 aliphatic rings. The second-order valence-electron chi connectivity index (χ2n) is 21.0. The van der Waals surface area contributed by atoms with Gasteiger partial charge in [-0.3, -0.25) is 18.6 Å². The fraction of sp³-hybridized carbons (Fsp3) is 0.667. The molecule has 0 bridgehead atoms. The number of unbranched alkanes of at least 4 members (excludes halogenated alkanes) is 20. The van der Waals surface area contributed by atoms with Crippen molar-refractivity contribution >= 4 is 19.8 Å². The average Bonchev–Trinajstić information content (AvgIpc) is 3.38. The number of likely N-dealkylation sites (N-methyl/N-ethyl adjacent to an activating group) is 1. The van der Waals surface area contributed by atoms with E-state index in [0.717, 1.165) is 77.0 Å². The van der Waals surface area contributed by atoms with Crippen LogP contribution in [0.2, 0.25) is 0 Å². The monoisotopic (exact) mass is 1080 g/mol. The van der Waals surface area contributed by atoms with Gasteiger partial charge < -0.3 is 18.9 Å². The van der Waals surface area contributed by atoms with Gasteiger partial charge in [0.2, 0.25) is 0 Å². The van der Waals surface area contributed by atoms with Gasteiger partial charge in [0.25, 0.3) is 0 Å². The first-order chi connectivity index (χ1) is 37.0. The number of nitrogens with zero attached hydrogens (tertiary/aromatic N) is 1. The van der Waals surface area contributed by atoms with E-state index in [-0.39, 0.29) is 32.0 Å². The van der Waals surface area contributed by atoms with E-state index in [9.17, 15) is 19.0 Å². The van der Waals surface area contributed by atoms with E-state index >= 15 is 0 Å². The Labute approximate surface area is 467 Å². The summed E-state index contributed by atoms with van der Waals surface area (Å²) in [6.07, 6.45) is 80.0. The zero-order valence-electron chi connectivity index (χ0n) is 49.2. The van der Waals surface area contributed by atoms with E-state index in [4.69, 9.17) is 18.5 Å². The number of carbonyl (C=O) groups is 2. The lowest BCUT2D eigenvalue weighted by atomic mass is 10.0. The van der Waals surface area contributed by atoms with E-state index in [1.165, 1.54) is 116 Å². The highest BCUT2D eigenvalue weighted by Crippen LogP contribution is 2.43. The minimum absolute atomic E-state index is 0.0144. The number of quaternary nitrogens is 1. The summed E-state index contributed by atoms with van der Waals surface area (Å²) in [5, 5.41) is 0. The highest BCUT2D eigenvalue weighted by molar-refractivity contribution is 7.47. The van der Waals surface area contributed by atoms with Gasteiger partial charge in [-0.25, -0.2) is 4.57 Å². The summed E-state index contributed by atoms with van der Waals surface area (Å²) in [4.78, 5) is 35.7. The predicted molar refractivity (Wildman–Crippen MR) is 325 cm³/mol. The highest BCUT2D eigenvalue weighted by atomic mass is 31.2. The summed E-state index contributed by atoms with van der Waals surface area (Å²) >= 11 is 0. The van der Waals surface area contributed by atoms with Gasteiger partial charge in [-0.15, -0.1) is 0 Å². The number of ether oxygens (including phenoxy) is 2. The van der Waals surface area contributed by atoms with Crippen molar-refractivity contribution < 1.29 is 42.1 Å². The van der Waals surface area contributed by atoms with Crippen LogP contribution < -0.4 is 0 Å². The maximum Gasteiger partial charge on any atom is 0.472 e. The first-order valence-corrected chi connectivity index (χ1v) is 31.8. The highest BCUT2D eigenvalue weighted by Gasteiger charge is 2.27. The minimum Gasteiger partial charge on any atom is -0.462 e. The number of hydrogen-bond acceptors (Lipinski definition) is 7. The van der Waals surface area contributed by atoms with E-state index < -0.39 is 26.5 Å². The molecule has 0 aliphatic carbocycles. The molecule has 2 atom stereocenters. The standard InChI is InChI=1S/C66H112NO8P/c1-6-8-10-12-14-16-18-20-22-24-26-28-30-31-32-33-34-35-37-39-41-43-45-47-49-51-53-55-57-59-66(69)75-64(63-74-76(70,71)73-61-60-67(3,4)5)62-72-65(68)58-56-54-52-50-48-46-44-42-40-38-36-29-27-25-23-21-19-17-15-13-11-9-7-2/h8,10,14,16,20,22,25-28,31-32,34-35,39,41,45,47,51,53,64H,6-7,9,11-13,15,17-19,21,23-24,29-30,33,36-38,40,42-44,46,48-50,52,54-63H2,1-5H3/p+1/b10-8-,16-14-,22-20-,27-25-,28-26-,32-31-,35-34-,41-39-,47-45-,53-51-. The molecule has 0 spiro atoms. The summed E-state index contributed by atoms with van der Waals surface area (Å²) < 4.78 is 34.5. The Balaban J connectivity index is 4.30. The van der Waals surface area contributed by atoms with Gasteiger partial charge in [-0.2, -0.15) is 0 Å². The number of allylic oxidation sites excluding steroid dienone is 20. The molecule has 2 unspecified atom stereocenters. The van der Waals surface area contributed by atoms with E-state index in [1.54, 1.807) is 0 Å².